The zero-order chi connectivity index (χ0) is 24.1. The van der Waals surface area contributed by atoms with Crippen molar-refractivity contribution in [1.29, 1.82) is 0 Å². The first-order valence-electron chi connectivity index (χ1n) is 11.6. The zero-order valence-electron chi connectivity index (χ0n) is 19.7. The number of aryl methyl sites for hydroxylation is 1. The predicted octanol–water partition coefficient (Wildman–Crippen LogP) is 3.56. The molecule has 178 valence electrons. The van der Waals surface area contributed by atoms with Crippen molar-refractivity contribution in [2.75, 3.05) is 39.3 Å². The van der Waals surface area contributed by atoms with Gasteiger partial charge in [-0.15, -0.1) is 0 Å². The van der Waals surface area contributed by atoms with Gasteiger partial charge in [0.25, 0.3) is 0 Å². The second-order valence-corrected chi connectivity index (χ2v) is 8.66. The number of rotatable bonds is 7. The molecule has 0 radical (unpaired) electrons. The molecule has 2 heterocycles. The molecule has 4 rings (SSSR count). The average Bonchev–Trinajstić information content (AvgIpc) is 2.85. The Morgan fingerprint density at radius 3 is 2.06 bits per heavy atom. The Hall–Kier alpha value is -3.49. The maximum atomic E-state index is 11.5. The number of aromatic nitrogens is 1. The lowest BCUT2D eigenvalue weighted by Crippen LogP contribution is -2.48. The lowest BCUT2D eigenvalue weighted by atomic mass is 9.96. The van der Waals surface area contributed by atoms with Crippen LogP contribution in [0.5, 0.6) is 0 Å². The maximum absolute atomic E-state index is 11.5. The van der Waals surface area contributed by atoms with Gasteiger partial charge in [0.2, 0.25) is 0 Å². The van der Waals surface area contributed by atoms with Crippen molar-refractivity contribution in [3.8, 4) is 0 Å². The van der Waals surface area contributed by atoms with E-state index in [0.29, 0.717) is 17.6 Å². The van der Waals surface area contributed by atoms with Crippen molar-refractivity contribution in [2.45, 2.75) is 19.9 Å². The lowest BCUT2D eigenvalue weighted by Gasteiger charge is -2.39. The molecule has 1 aromatic heterocycles. The van der Waals surface area contributed by atoms with E-state index in [2.05, 4.69) is 63.3 Å². The standard InChI is InChI=1S/C26H31N5O3/c1-20-19-24(25(31(33)34)21(2)30(20)32)27-13-14-28-15-17-29(18-16-28)26(22-9-5-3-6-10-22)23-11-7-4-8-12-23/h3-12,19,26,32H,13-18H2,1-2H3. The fraction of sp³-hybridized carbons (Fsp3) is 0.346. The minimum atomic E-state index is -0.480. The summed E-state index contributed by atoms with van der Waals surface area (Å²) in [5, 5.41) is 21.8. The molecule has 1 aliphatic heterocycles. The minimum absolute atomic E-state index is 0.147. The summed E-state index contributed by atoms with van der Waals surface area (Å²) >= 11 is 0. The Morgan fingerprint density at radius 2 is 1.53 bits per heavy atom. The molecule has 1 saturated heterocycles. The molecule has 1 N–H and O–H groups in total. The number of pyridine rings is 1. The molecule has 34 heavy (non-hydrogen) atoms. The molecule has 8 heteroatoms. The highest BCUT2D eigenvalue weighted by Gasteiger charge is 2.26. The van der Waals surface area contributed by atoms with Gasteiger partial charge >= 0.3 is 5.69 Å². The van der Waals surface area contributed by atoms with Gasteiger partial charge in [0.1, 0.15) is 11.1 Å². The van der Waals surface area contributed by atoms with Crippen molar-refractivity contribution in [2.24, 2.45) is 4.99 Å². The Balaban J connectivity index is 1.43. The van der Waals surface area contributed by atoms with Gasteiger partial charge in [0.05, 0.1) is 23.2 Å². The van der Waals surface area contributed by atoms with Crippen LogP contribution in [0.25, 0.3) is 0 Å². The number of piperazine rings is 1. The van der Waals surface area contributed by atoms with E-state index < -0.39 is 4.92 Å². The lowest BCUT2D eigenvalue weighted by molar-refractivity contribution is -0.387. The van der Waals surface area contributed by atoms with E-state index in [4.69, 9.17) is 0 Å². The predicted molar refractivity (Wildman–Crippen MR) is 131 cm³/mol. The molecule has 0 bridgehead atoms. The Bertz CT molecular complexity index is 1150. The molecule has 8 nitrogen and oxygen atoms in total. The summed E-state index contributed by atoms with van der Waals surface area (Å²) in [6.07, 6.45) is 0. The molecule has 0 aliphatic carbocycles. The van der Waals surface area contributed by atoms with E-state index in [1.807, 2.05) is 12.1 Å². The molecule has 0 amide bonds. The molecule has 1 aliphatic rings. The fourth-order valence-corrected chi connectivity index (χ4v) is 4.67. The van der Waals surface area contributed by atoms with Gasteiger partial charge in [0.15, 0.2) is 0 Å². The van der Waals surface area contributed by atoms with Crippen LogP contribution < -0.4 is 5.36 Å². The third-order valence-corrected chi connectivity index (χ3v) is 6.47. The van der Waals surface area contributed by atoms with Crippen LogP contribution in [-0.4, -0.2) is 63.9 Å². The first-order valence-corrected chi connectivity index (χ1v) is 11.6. The molecule has 1 fully saturated rings. The highest BCUT2D eigenvalue weighted by Crippen LogP contribution is 2.29. The normalized spacial score (nSPS) is 15.7. The van der Waals surface area contributed by atoms with Gasteiger partial charge in [-0.3, -0.25) is 24.9 Å². The smallest absolute Gasteiger partial charge is 0.316 e. The summed E-state index contributed by atoms with van der Waals surface area (Å²) in [4.78, 5) is 20.4. The molecule has 0 spiro atoms. The summed E-state index contributed by atoms with van der Waals surface area (Å²) in [5.41, 5.74) is 3.14. The van der Waals surface area contributed by atoms with E-state index in [1.165, 1.54) is 18.1 Å². The van der Waals surface area contributed by atoms with Crippen molar-refractivity contribution >= 4 is 5.69 Å². The summed E-state index contributed by atoms with van der Waals surface area (Å²) < 4.78 is 0.840. The molecular formula is C26H31N5O3. The van der Waals surface area contributed by atoms with E-state index in [9.17, 15) is 15.3 Å². The third-order valence-electron chi connectivity index (χ3n) is 6.47. The first kappa shape index (κ1) is 23.7. The van der Waals surface area contributed by atoms with Crippen LogP contribution in [0.2, 0.25) is 0 Å². The number of hydrogen-bond donors (Lipinski definition) is 1. The molecule has 3 aromatic rings. The van der Waals surface area contributed by atoms with Crippen molar-refractivity contribution in [1.82, 2.24) is 14.5 Å². The monoisotopic (exact) mass is 461 g/mol. The van der Waals surface area contributed by atoms with Crippen molar-refractivity contribution in [3.05, 3.63) is 105 Å². The topological polar surface area (TPSA) is 87.1 Å². The van der Waals surface area contributed by atoms with Gasteiger partial charge in [-0.2, -0.15) is 4.73 Å². The first-order chi connectivity index (χ1) is 16.5. The van der Waals surface area contributed by atoms with Gasteiger partial charge in [-0.1, -0.05) is 60.7 Å². The summed E-state index contributed by atoms with van der Waals surface area (Å²) in [7, 11) is 0. The highest BCUT2D eigenvalue weighted by atomic mass is 16.6. The van der Waals surface area contributed by atoms with Crippen molar-refractivity contribution in [3.63, 3.8) is 0 Å². The largest absolute Gasteiger partial charge is 0.428 e. The minimum Gasteiger partial charge on any atom is -0.428 e. The van der Waals surface area contributed by atoms with Gasteiger partial charge in [0, 0.05) is 32.7 Å². The second kappa shape index (κ2) is 10.6. The Labute approximate surface area is 199 Å². The average molecular weight is 462 g/mol. The fourth-order valence-electron chi connectivity index (χ4n) is 4.67. The van der Waals surface area contributed by atoms with Crippen LogP contribution in [0.4, 0.5) is 5.69 Å². The molecule has 2 aromatic carbocycles. The van der Waals surface area contributed by atoms with E-state index >= 15 is 0 Å². The quantitative estimate of drug-likeness (QED) is 0.330. The van der Waals surface area contributed by atoms with Gasteiger partial charge in [-0.25, -0.2) is 0 Å². The number of nitrogens with zero attached hydrogens (tertiary/aromatic N) is 5. The molecule has 0 atom stereocenters. The van der Waals surface area contributed by atoms with E-state index in [-0.39, 0.29) is 17.4 Å². The molecular weight excluding hydrogens is 430 g/mol. The maximum Gasteiger partial charge on any atom is 0.316 e. The van der Waals surface area contributed by atoms with Gasteiger partial charge < -0.3 is 5.21 Å². The highest BCUT2D eigenvalue weighted by molar-refractivity contribution is 5.35. The molecule has 0 unspecified atom stereocenters. The number of hydrogen-bond acceptors (Lipinski definition) is 6. The van der Waals surface area contributed by atoms with Crippen LogP contribution in [0, 0.1) is 24.0 Å². The van der Waals surface area contributed by atoms with Crippen LogP contribution in [0.1, 0.15) is 28.6 Å². The van der Waals surface area contributed by atoms with Gasteiger partial charge in [-0.05, 0) is 31.0 Å². The number of nitro groups is 1. The second-order valence-electron chi connectivity index (χ2n) is 8.66. The van der Waals surface area contributed by atoms with Crippen LogP contribution in [-0.2, 0) is 0 Å². The summed E-state index contributed by atoms with van der Waals surface area (Å²) in [6, 6.07) is 23.0. The van der Waals surface area contributed by atoms with Crippen LogP contribution in [0.15, 0.2) is 71.7 Å². The molecule has 0 saturated carbocycles. The van der Waals surface area contributed by atoms with Crippen molar-refractivity contribution < 1.29 is 10.1 Å². The Kier molecular flexibility index (Phi) is 7.40. The third kappa shape index (κ3) is 5.18. The SMILES string of the molecule is Cc1cc(=NCCN2CCN(C(c3ccccc3)c3ccccc3)CC2)c([N+](=O)[O-])c(C)n1O. The van der Waals surface area contributed by atoms with E-state index in [0.717, 1.165) is 37.5 Å². The van der Waals surface area contributed by atoms with Crippen LogP contribution in [0.3, 0.4) is 0 Å². The zero-order valence-corrected chi connectivity index (χ0v) is 19.7. The van der Waals surface area contributed by atoms with Crippen LogP contribution >= 0.6 is 0 Å². The number of benzene rings is 2. The summed E-state index contributed by atoms with van der Waals surface area (Å²) in [6.45, 7) is 8.12. The summed E-state index contributed by atoms with van der Waals surface area (Å²) in [5.74, 6) is 0. The van der Waals surface area contributed by atoms with E-state index in [1.54, 1.807) is 13.0 Å². The Morgan fingerprint density at radius 1 is 0.971 bits per heavy atom.